The van der Waals surface area contributed by atoms with Crippen LogP contribution < -0.4 is 15.8 Å². The molecule has 0 unspecified atom stereocenters. The van der Waals surface area contributed by atoms with Crippen molar-refractivity contribution in [2.24, 2.45) is 5.73 Å². The average Bonchev–Trinajstić information content (AvgIpc) is 2.28. The van der Waals surface area contributed by atoms with Crippen LogP contribution in [0.15, 0.2) is 12.1 Å². The number of amides is 1. The molecular weight excluding hydrogens is 218 g/mol. The second-order valence-electron chi connectivity index (χ2n) is 3.01. The van der Waals surface area contributed by atoms with Gasteiger partial charge in [-0.25, -0.2) is 8.78 Å². The molecule has 1 aromatic rings. The Labute approximate surface area is 91.4 Å². The van der Waals surface area contributed by atoms with Crippen LogP contribution in [0.4, 0.5) is 8.78 Å². The topological polar surface area (TPSA) is 64.3 Å². The predicted octanol–water partition coefficient (Wildman–Crippen LogP) is 0.662. The van der Waals surface area contributed by atoms with Gasteiger partial charge in [-0.1, -0.05) is 0 Å². The first kappa shape index (κ1) is 12.4. The van der Waals surface area contributed by atoms with Gasteiger partial charge in [-0.2, -0.15) is 0 Å². The summed E-state index contributed by atoms with van der Waals surface area (Å²) in [5.74, 6) is -2.58. The van der Waals surface area contributed by atoms with Gasteiger partial charge in [-0.3, -0.25) is 4.79 Å². The normalized spacial score (nSPS) is 10.0. The summed E-state index contributed by atoms with van der Waals surface area (Å²) in [7, 11) is 1.21. The monoisotopic (exact) mass is 230 g/mol. The molecule has 1 aromatic carbocycles. The van der Waals surface area contributed by atoms with E-state index in [9.17, 15) is 13.6 Å². The predicted molar refractivity (Wildman–Crippen MR) is 54.3 cm³/mol. The molecule has 16 heavy (non-hydrogen) atoms. The van der Waals surface area contributed by atoms with E-state index in [0.717, 1.165) is 12.1 Å². The molecule has 0 saturated heterocycles. The van der Waals surface area contributed by atoms with Gasteiger partial charge in [0.05, 0.1) is 12.7 Å². The molecule has 3 N–H and O–H groups in total. The molecule has 1 amide bonds. The third-order valence-corrected chi connectivity index (χ3v) is 1.92. The Morgan fingerprint density at radius 1 is 1.44 bits per heavy atom. The Hall–Kier alpha value is -1.69. The first-order valence-electron chi connectivity index (χ1n) is 4.61. The highest BCUT2D eigenvalue weighted by atomic mass is 19.1. The quantitative estimate of drug-likeness (QED) is 0.798. The maximum absolute atomic E-state index is 13.4. The highest BCUT2D eigenvalue weighted by Gasteiger charge is 2.15. The summed E-state index contributed by atoms with van der Waals surface area (Å²) in [6.07, 6.45) is 0. The smallest absolute Gasteiger partial charge is 0.254 e. The largest absolute Gasteiger partial charge is 0.494 e. The van der Waals surface area contributed by atoms with Crippen molar-refractivity contribution in [3.05, 3.63) is 29.3 Å². The molecule has 88 valence electrons. The summed E-state index contributed by atoms with van der Waals surface area (Å²) in [6.45, 7) is 0.428. The minimum absolute atomic E-state index is 0.200. The third kappa shape index (κ3) is 2.66. The number of methoxy groups -OCH3 is 1. The zero-order valence-corrected chi connectivity index (χ0v) is 8.72. The van der Waals surface area contributed by atoms with Gasteiger partial charge >= 0.3 is 0 Å². The maximum Gasteiger partial charge on any atom is 0.254 e. The van der Waals surface area contributed by atoms with Crippen molar-refractivity contribution in [3.8, 4) is 5.75 Å². The van der Waals surface area contributed by atoms with Crippen LogP contribution in [0, 0.1) is 11.6 Å². The number of nitrogens with two attached hydrogens (primary N) is 1. The first-order chi connectivity index (χ1) is 7.60. The Kier molecular flexibility index (Phi) is 4.19. The summed E-state index contributed by atoms with van der Waals surface area (Å²) >= 11 is 0. The van der Waals surface area contributed by atoms with Crippen molar-refractivity contribution >= 4 is 5.91 Å². The van der Waals surface area contributed by atoms with Crippen LogP contribution in [-0.2, 0) is 0 Å². The molecule has 0 saturated carbocycles. The summed E-state index contributed by atoms with van der Waals surface area (Å²) < 4.78 is 31.1. The van der Waals surface area contributed by atoms with E-state index in [1.165, 1.54) is 7.11 Å². The van der Waals surface area contributed by atoms with Gasteiger partial charge in [0.1, 0.15) is 5.82 Å². The SMILES string of the molecule is COc1cc(F)c(C(=O)NCCN)cc1F. The molecule has 0 radical (unpaired) electrons. The average molecular weight is 230 g/mol. The Morgan fingerprint density at radius 2 is 2.12 bits per heavy atom. The van der Waals surface area contributed by atoms with E-state index in [4.69, 9.17) is 5.73 Å². The van der Waals surface area contributed by atoms with Gasteiger partial charge in [0.15, 0.2) is 11.6 Å². The summed E-state index contributed by atoms with van der Waals surface area (Å²) in [5, 5.41) is 2.34. The van der Waals surface area contributed by atoms with Crippen LogP contribution in [0.1, 0.15) is 10.4 Å². The molecule has 0 bridgehead atoms. The Balaban J connectivity index is 2.97. The lowest BCUT2D eigenvalue weighted by Gasteiger charge is -2.07. The number of carbonyl (C=O) groups is 1. The van der Waals surface area contributed by atoms with Crippen molar-refractivity contribution < 1.29 is 18.3 Å². The van der Waals surface area contributed by atoms with Gasteiger partial charge in [0, 0.05) is 19.2 Å². The number of ether oxygens (including phenoxy) is 1. The summed E-state index contributed by atoms with van der Waals surface area (Å²) in [5.41, 5.74) is 4.80. The molecule has 0 aromatic heterocycles. The van der Waals surface area contributed by atoms with Crippen molar-refractivity contribution in [2.75, 3.05) is 20.2 Å². The highest BCUT2D eigenvalue weighted by Crippen LogP contribution is 2.21. The van der Waals surface area contributed by atoms with Gasteiger partial charge in [-0.15, -0.1) is 0 Å². The number of hydrogen-bond acceptors (Lipinski definition) is 3. The molecule has 0 aliphatic heterocycles. The van der Waals surface area contributed by atoms with Crippen LogP contribution in [0.5, 0.6) is 5.75 Å². The molecule has 0 aliphatic rings. The van der Waals surface area contributed by atoms with Crippen LogP contribution in [0.2, 0.25) is 0 Å². The fraction of sp³-hybridized carbons (Fsp3) is 0.300. The lowest BCUT2D eigenvalue weighted by Crippen LogP contribution is -2.29. The molecule has 0 spiro atoms. The zero-order valence-electron chi connectivity index (χ0n) is 8.72. The molecule has 0 atom stereocenters. The number of hydrogen-bond donors (Lipinski definition) is 2. The second kappa shape index (κ2) is 5.41. The number of benzene rings is 1. The van der Waals surface area contributed by atoms with Crippen LogP contribution >= 0.6 is 0 Å². The second-order valence-corrected chi connectivity index (χ2v) is 3.01. The van der Waals surface area contributed by atoms with E-state index >= 15 is 0 Å². The van der Waals surface area contributed by atoms with E-state index in [0.29, 0.717) is 0 Å². The van der Waals surface area contributed by atoms with Crippen LogP contribution in [0.25, 0.3) is 0 Å². The van der Waals surface area contributed by atoms with Gasteiger partial charge in [-0.05, 0) is 6.07 Å². The molecule has 0 fully saturated rings. The number of halogens is 2. The Morgan fingerprint density at radius 3 is 2.69 bits per heavy atom. The maximum atomic E-state index is 13.4. The molecule has 0 aliphatic carbocycles. The molecule has 6 heteroatoms. The molecular formula is C10H12F2N2O2. The van der Waals surface area contributed by atoms with E-state index in [1.807, 2.05) is 0 Å². The van der Waals surface area contributed by atoms with Crippen LogP contribution in [-0.4, -0.2) is 26.1 Å². The van der Waals surface area contributed by atoms with E-state index in [-0.39, 0.29) is 24.4 Å². The Bertz CT molecular complexity index is 397. The number of nitrogens with one attached hydrogen (secondary N) is 1. The van der Waals surface area contributed by atoms with Crippen molar-refractivity contribution in [1.29, 1.82) is 0 Å². The summed E-state index contributed by atoms with van der Waals surface area (Å²) in [4.78, 5) is 11.4. The van der Waals surface area contributed by atoms with Gasteiger partial charge in [0.25, 0.3) is 5.91 Å². The minimum atomic E-state index is -0.840. The highest BCUT2D eigenvalue weighted by molar-refractivity contribution is 5.94. The number of rotatable bonds is 4. The summed E-state index contributed by atoms with van der Waals surface area (Å²) in [6, 6.07) is 1.62. The van der Waals surface area contributed by atoms with Gasteiger partial charge in [0.2, 0.25) is 0 Å². The molecule has 0 heterocycles. The van der Waals surface area contributed by atoms with Crippen LogP contribution in [0.3, 0.4) is 0 Å². The van der Waals surface area contributed by atoms with E-state index in [2.05, 4.69) is 10.1 Å². The fourth-order valence-electron chi connectivity index (χ4n) is 1.14. The van der Waals surface area contributed by atoms with Crippen molar-refractivity contribution in [3.63, 3.8) is 0 Å². The van der Waals surface area contributed by atoms with Gasteiger partial charge < -0.3 is 15.8 Å². The zero-order chi connectivity index (χ0) is 12.1. The molecule has 1 rings (SSSR count). The first-order valence-corrected chi connectivity index (χ1v) is 4.61. The molecule has 4 nitrogen and oxygen atoms in total. The number of carbonyl (C=O) groups excluding carboxylic acids is 1. The standard InChI is InChI=1S/C10H12F2N2O2/c1-16-9-5-7(11)6(4-8(9)12)10(15)14-3-2-13/h4-5H,2-3,13H2,1H3,(H,14,15). The fourth-order valence-corrected chi connectivity index (χ4v) is 1.14. The minimum Gasteiger partial charge on any atom is -0.494 e. The third-order valence-electron chi connectivity index (χ3n) is 1.92. The lowest BCUT2D eigenvalue weighted by atomic mass is 10.2. The van der Waals surface area contributed by atoms with E-state index < -0.39 is 17.5 Å². The van der Waals surface area contributed by atoms with Crippen molar-refractivity contribution in [2.45, 2.75) is 0 Å². The lowest BCUT2D eigenvalue weighted by molar-refractivity contribution is 0.0950. The van der Waals surface area contributed by atoms with E-state index in [1.54, 1.807) is 0 Å². The van der Waals surface area contributed by atoms with Crippen molar-refractivity contribution in [1.82, 2.24) is 5.32 Å².